The summed E-state index contributed by atoms with van der Waals surface area (Å²) in [6.07, 6.45) is -0.124. The molecule has 5 heteroatoms. The molecule has 4 rings (SSSR count). The predicted octanol–water partition coefficient (Wildman–Crippen LogP) is 2.27. The molecule has 130 valence electrons. The van der Waals surface area contributed by atoms with Crippen LogP contribution >= 0.6 is 0 Å². The SMILES string of the molecule is COc1cccc2c1Cc1c(O)cc3c(c1C2=O)C(O)CC(C)(O)C3. The number of hydrogen-bond donors (Lipinski definition) is 3. The van der Waals surface area contributed by atoms with Crippen LogP contribution in [0.2, 0.25) is 0 Å². The van der Waals surface area contributed by atoms with E-state index in [-0.39, 0.29) is 18.0 Å². The fourth-order valence-electron chi connectivity index (χ4n) is 4.21. The van der Waals surface area contributed by atoms with Crippen molar-refractivity contribution in [3.8, 4) is 11.5 Å². The molecule has 0 radical (unpaired) electrons. The number of phenols is 1. The number of ketones is 1. The van der Waals surface area contributed by atoms with Gasteiger partial charge in [0.1, 0.15) is 11.5 Å². The molecule has 2 aliphatic carbocycles. The van der Waals surface area contributed by atoms with Crippen molar-refractivity contribution in [1.29, 1.82) is 0 Å². The third-order valence-electron chi connectivity index (χ3n) is 5.25. The van der Waals surface area contributed by atoms with Crippen LogP contribution in [0, 0.1) is 0 Å². The lowest BCUT2D eigenvalue weighted by Gasteiger charge is -2.36. The van der Waals surface area contributed by atoms with E-state index in [2.05, 4.69) is 0 Å². The highest BCUT2D eigenvalue weighted by Gasteiger charge is 2.39. The third kappa shape index (κ3) is 2.34. The first-order valence-electron chi connectivity index (χ1n) is 8.31. The van der Waals surface area contributed by atoms with E-state index in [4.69, 9.17) is 4.74 Å². The molecule has 2 unspecified atom stereocenters. The molecule has 25 heavy (non-hydrogen) atoms. The van der Waals surface area contributed by atoms with Crippen molar-refractivity contribution in [2.75, 3.05) is 7.11 Å². The van der Waals surface area contributed by atoms with Crippen molar-refractivity contribution in [2.24, 2.45) is 0 Å². The van der Waals surface area contributed by atoms with E-state index in [9.17, 15) is 20.1 Å². The Morgan fingerprint density at radius 1 is 1.28 bits per heavy atom. The molecule has 2 atom stereocenters. The van der Waals surface area contributed by atoms with Crippen LogP contribution in [0.5, 0.6) is 11.5 Å². The number of aromatic hydroxyl groups is 1. The van der Waals surface area contributed by atoms with Crippen LogP contribution < -0.4 is 4.74 Å². The van der Waals surface area contributed by atoms with Crippen molar-refractivity contribution in [3.05, 3.63) is 57.6 Å². The normalized spacial score (nSPS) is 24.3. The second kappa shape index (κ2) is 5.31. The van der Waals surface area contributed by atoms with Gasteiger partial charge in [-0.25, -0.2) is 0 Å². The molecule has 0 fully saturated rings. The summed E-state index contributed by atoms with van der Waals surface area (Å²) < 4.78 is 5.36. The van der Waals surface area contributed by atoms with E-state index in [1.807, 2.05) is 0 Å². The monoisotopic (exact) mass is 340 g/mol. The van der Waals surface area contributed by atoms with E-state index in [1.54, 1.807) is 38.3 Å². The minimum atomic E-state index is -1.06. The van der Waals surface area contributed by atoms with Crippen LogP contribution in [0.25, 0.3) is 0 Å². The minimum Gasteiger partial charge on any atom is -0.508 e. The average Bonchev–Trinajstić information content (AvgIpc) is 2.53. The van der Waals surface area contributed by atoms with Gasteiger partial charge >= 0.3 is 0 Å². The number of methoxy groups -OCH3 is 1. The maximum absolute atomic E-state index is 13.2. The number of aliphatic hydroxyl groups is 2. The van der Waals surface area contributed by atoms with E-state index >= 15 is 0 Å². The van der Waals surface area contributed by atoms with E-state index < -0.39 is 11.7 Å². The molecule has 0 heterocycles. The van der Waals surface area contributed by atoms with Gasteiger partial charge in [0.15, 0.2) is 5.78 Å². The summed E-state index contributed by atoms with van der Waals surface area (Å²) in [4.78, 5) is 13.2. The molecule has 2 aliphatic rings. The first kappa shape index (κ1) is 16.1. The standard InChI is InChI=1S/C20H20O5/c1-20(24)8-10-6-14(21)13-7-12-11(4-3-5-16(12)25-2)19(23)18(13)17(10)15(22)9-20/h3-6,15,21-22,24H,7-9H2,1-2H3. The topological polar surface area (TPSA) is 87.0 Å². The molecule has 2 aromatic carbocycles. The zero-order chi connectivity index (χ0) is 17.9. The fraction of sp³-hybridized carbons (Fsp3) is 0.350. The van der Waals surface area contributed by atoms with Gasteiger partial charge in [-0.1, -0.05) is 12.1 Å². The van der Waals surface area contributed by atoms with Crippen molar-refractivity contribution >= 4 is 5.78 Å². The lowest BCUT2D eigenvalue weighted by atomic mass is 9.73. The largest absolute Gasteiger partial charge is 0.508 e. The highest BCUT2D eigenvalue weighted by molar-refractivity contribution is 6.14. The number of ether oxygens (including phenoxy) is 1. The summed E-state index contributed by atoms with van der Waals surface area (Å²) in [5, 5.41) is 31.4. The van der Waals surface area contributed by atoms with Gasteiger partial charge in [-0.15, -0.1) is 0 Å². The first-order valence-corrected chi connectivity index (χ1v) is 8.31. The molecule has 2 aromatic rings. The summed E-state index contributed by atoms with van der Waals surface area (Å²) in [6.45, 7) is 1.65. The number of phenolic OH excluding ortho intramolecular Hbond substituents is 1. The van der Waals surface area contributed by atoms with Crippen LogP contribution in [-0.4, -0.2) is 33.8 Å². The molecule has 0 aliphatic heterocycles. The first-order chi connectivity index (χ1) is 11.8. The summed E-state index contributed by atoms with van der Waals surface area (Å²) in [5.74, 6) is 0.406. The Morgan fingerprint density at radius 3 is 2.76 bits per heavy atom. The Morgan fingerprint density at radius 2 is 2.04 bits per heavy atom. The molecule has 3 N–H and O–H groups in total. The quantitative estimate of drug-likeness (QED) is 0.633. The molecule has 0 amide bonds. The smallest absolute Gasteiger partial charge is 0.194 e. The average molecular weight is 340 g/mol. The van der Waals surface area contributed by atoms with Crippen molar-refractivity contribution in [2.45, 2.75) is 37.9 Å². The molecule has 0 spiro atoms. The van der Waals surface area contributed by atoms with Gasteiger partial charge in [-0.2, -0.15) is 0 Å². The summed E-state index contributed by atoms with van der Waals surface area (Å²) in [5.41, 5.74) is 2.27. The number of carbonyl (C=O) groups is 1. The van der Waals surface area contributed by atoms with Crippen LogP contribution in [-0.2, 0) is 12.8 Å². The van der Waals surface area contributed by atoms with Gasteiger partial charge in [0.25, 0.3) is 0 Å². The number of fused-ring (bicyclic) bond motifs is 4. The zero-order valence-corrected chi connectivity index (χ0v) is 14.2. The van der Waals surface area contributed by atoms with Gasteiger partial charge in [0.2, 0.25) is 0 Å². The van der Waals surface area contributed by atoms with Gasteiger partial charge in [-0.05, 0) is 30.2 Å². The Bertz CT molecular complexity index is 897. The molecular formula is C20H20O5. The highest BCUT2D eigenvalue weighted by Crippen LogP contribution is 2.45. The van der Waals surface area contributed by atoms with Crippen LogP contribution in [0.1, 0.15) is 57.6 Å². The third-order valence-corrected chi connectivity index (χ3v) is 5.25. The van der Waals surface area contributed by atoms with Gasteiger partial charge in [0.05, 0.1) is 18.8 Å². The Hall–Kier alpha value is -2.37. The van der Waals surface area contributed by atoms with Crippen LogP contribution in [0.4, 0.5) is 0 Å². The highest BCUT2D eigenvalue weighted by atomic mass is 16.5. The Labute approximate surface area is 145 Å². The van der Waals surface area contributed by atoms with E-state index in [0.717, 1.165) is 5.56 Å². The summed E-state index contributed by atoms with van der Waals surface area (Å²) >= 11 is 0. The summed E-state index contributed by atoms with van der Waals surface area (Å²) in [7, 11) is 1.55. The maximum atomic E-state index is 13.2. The van der Waals surface area contributed by atoms with Crippen LogP contribution in [0.3, 0.4) is 0 Å². The Kier molecular flexibility index (Phi) is 3.42. The van der Waals surface area contributed by atoms with E-state index in [0.29, 0.717) is 46.4 Å². The minimum absolute atomic E-state index is 0.0172. The van der Waals surface area contributed by atoms with Crippen LogP contribution in [0.15, 0.2) is 24.3 Å². The van der Waals surface area contributed by atoms with Crippen molar-refractivity contribution in [1.82, 2.24) is 0 Å². The number of benzene rings is 2. The van der Waals surface area contributed by atoms with Gasteiger partial charge < -0.3 is 20.1 Å². The zero-order valence-electron chi connectivity index (χ0n) is 14.2. The van der Waals surface area contributed by atoms with E-state index in [1.165, 1.54) is 0 Å². The van der Waals surface area contributed by atoms with Crippen molar-refractivity contribution in [3.63, 3.8) is 0 Å². The lowest BCUT2D eigenvalue weighted by Crippen LogP contribution is -2.36. The molecule has 0 bridgehead atoms. The number of carbonyl (C=O) groups excluding carboxylic acids is 1. The van der Waals surface area contributed by atoms with Gasteiger partial charge in [-0.3, -0.25) is 4.79 Å². The molecule has 0 saturated carbocycles. The van der Waals surface area contributed by atoms with Crippen molar-refractivity contribution < 1.29 is 24.9 Å². The summed E-state index contributed by atoms with van der Waals surface area (Å²) in [6, 6.07) is 6.86. The predicted molar refractivity (Wildman–Crippen MR) is 91.2 cm³/mol. The maximum Gasteiger partial charge on any atom is 0.194 e. The second-order valence-electron chi connectivity index (χ2n) is 7.21. The molecule has 5 nitrogen and oxygen atoms in total. The molecular weight excluding hydrogens is 320 g/mol. The Balaban J connectivity index is 1.96. The number of hydrogen-bond acceptors (Lipinski definition) is 5. The fourth-order valence-corrected chi connectivity index (χ4v) is 4.21. The number of aliphatic hydroxyl groups excluding tert-OH is 1. The second-order valence-corrected chi connectivity index (χ2v) is 7.21. The van der Waals surface area contributed by atoms with Gasteiger partial charge in [0, 0.05) is 41.5 Å². The lowest BCUT2D eigenvalue weighted by molar-refractivity contribution is -0.00786. The number of rotatable bonds is 1. The molecule has 0 saturated heterocycles. The molecule has 0 aromatic heterocycles.